The van der Waals surface area contributed by atoms with E-state index in [1.807, 2.05) is 10.9 Å². The second kappa shape index (κ2) is 10.9. The van der Waals surface area contributed by atoms with Gasteiger partial charge < -0.3 is 20.3 Å². The average Bonchev–Trinajstić information content (AvgIpc) is 3.50. The molecule has 1 saturated heterocycles. The Hall–Kier alpha value is -3.81. The van der Waals surface area contributed by atoms with Gasteiger partial charge in [0.25, 0.3) is 5.91 Å². The Bertz CT molecular complexity index is 1100. The lowest BCUT2D eigenvalue weighted by molar-refractivity contribution is -0.192. The van der Waals surface area contributed by atoms with E-state index in [0.717, 1.165) is 25.9 Å². The molecule has 1 atom stereocenters. The lowest BCUT2D eigenvalue weighted by Gasteiger charge is -2.28. The zero-order valence-corrected chi connectivity index (χ0v) is 18.0. The first-order valence-electron chi connectivity index (χ1n) is 10.2. The number of aromatic nitrogens is 5. The molecule has 34 heavy (non-hydrogen) atoms. The smallest absolute Gasteiger partial charge is 0.475 e. The lowest BCUT2D eigenvalue weighted by atomic mass is 9.91. The quantitative estimate of drug-likeness (QED) is 0.500. The normalized spacial score (nSPS) is 15.2. The predicted molar refractivity (Wildman–Crippen MR) is 112 cm³/mol. The van der Waals surface area contributed by atoms with Crippen LogP contribution in [-0.4, -0.2) is 61.2 Å². The van der Waals surface area contributed by atoms with Gasteiger partial charge in [-0.3, -0.25) is 14.5 Å². The van der Waals surface area contributed by atoms with Crippen LogP contribution in [0.3, 0.4) is 0 Å². The first-order chi connectivity index (χ1) is 16.1. The zero-order chi connectivity index (χ0) is 24.7. The molecule has 0 spiro atoms. The van der Waals surface area contributed by atoms with Crippen molar-refractivity contribution in [3.63, 3.8) is 0 Å². The van der Waals surface area contributed by atoms with Gasteiger partial charge in [-0.05, 0) is 38.8 Å². The molecule has 1 amide bonds. The minimum atomic E-state index is -5.08. The highest BCUT2D eigenvalue weighted by molar-refractivity contribution is 6.03. The number of alkyl halides is 3. The highest BCUT2D eigenvalue weighted by Crippen LogP contribution is 2.26. The molecule has 3 N–H and O–H groups in total. The Morgan fingerprint density at radius 3 is 2.59 bits per heavy atom. The Morgan fingerprint density at radius 1 is 1.26 bits per heavy atom. The third-order valence-corrected chi connectivity index (χ3v) is 5.14. The molecule has 182 valence electrons. The highest BCUT2D eigenvalue weighted by atomic mass is 19.4. The number of piperidine rings is 1. The van der Waals surface area contributed by atoms with Crippen molar-refractivity contribution in [2.24, 2.45) is 5.92 Å². The van der Waals surface area contributed by atoms with Crippen LogP contribution in [-0.2, 0) is 4.79 Å². The summed E-state index contributed by atoms with van der Waals surface area (Å²) in [4.78, 5) is 29.4. The van der Waals surface area contributed by atoms with Crippen molar-refractivity contribution >= 4 is 17.6 Å². The van der Waals surface area contributed by atoms with Crippen LogP contribution in [0.25, 0.3) is 11.5 Å². The summed E-state index contributed by atoms with van der Waals surface area (Å²) in [6, 6.07) is 1.83. The molecule has 0 aromatic carbocycles. The van der Waals surface area contributed by atoms with Crippen LogP contribution in [0, 0.1) is 5.92 Å². The van der Waals surface area contributed by atoms with E-state index in [2.05, 4.69) is 37.8 Å². The maximum Gasteiger partial charge on any atom is 0.490 e. The summed E-state index contributed by atoms with van der Waals surface area (Å²) in [5.74, 6) is -2.14. The number of carbonyl (C=O) groups is 2. The number of aliphatic carboxylic acids is 1. The van der Waals surface area contributed by atoms with Crippen molar-refractivity contribution in [3.8, 4) is 11.5 Å². The summed E-state index contributed by atoms with van der Waals surface area (Å²) in [5, 5.41) is 21.5. The van der Waals surface area contributed by atoms with Crippen molar-refractivity contribution in [2.75, 3.05) is 18.4 Å². The standard InChI is InChI=1S/C18H21N7O2.C2HF3O2/c1-12(13-2-4-19-5-3-13)25-11-14(9-22-25)23-18(26)15-8-17(27-24-15)16-10-20-6-7-21-16;3-2(4,5)1(6)7/h6-13,19H,2-5H2,1H3,(H,23,26);(H,6,7). The maximum atomic E-state index is 12.4. The van der Waals surface area contributed by atoms with Crippen molar-refractivity contribution in [1.82, 2.24) is 30.2 Å². The predicted octanol–water partition coefficient (Wildman–Crippen LogP) is 2.77. The fourth-order valence-electron chi connectivity index (χ4n) is 3.29. The Kier molecular flexibility index (Phi) is 7.94. The molecule has 1 fully saturated rings. The number of amides is 1. The van der Waals surface area contributed by atoms with Gasteiger partial charge in [0, 0.05) is 24.7 Å². The van der Waals surface area contributed by atoms with Gasteiger partial charge in [-0.25, -0.2) is 9.78 Å². The third-order valence-electron chi connectivity index (χ3n) is 5.14. The van der Waals surface area contributed by atoms with Gasteiger partial charge in [-0.2, -0.15) is 18.3 Å². The monoisotopic (exact) mass is 481 g/mol. The second-order valence-electron chi connectivity index (χ2n) is 7.46. The zero-order valence-electron chi connectivity index (χ0n) is 18.0. The van der Waals surface area contributed by atoms with Crippen LogP contribution in [0.15, 0.2) is 41.6 Å². The molecule has 1 aliphatic heterocycles. The van der Waals surface area contributed by atoms with Gasteiger partial charge in [0.15, 0.2) is 11.5 Å². The summed E-state index contributed by atoms with van der Waals surface area (Å²) < 4.78 is 38.8. The molecule has 0 bridgehead atoms. The van der Waals surface area contributed by atoms with Gasteiger partial charge in [-0.1, -0.05) is 5.16 Å². The second-order valence-corrected chi connectivity index (χ2v) is 7.46. The van der Waals surface area contributed by atoms with Crippen molar-refractivity contribution < 1.29 is 32.4 Å². The Morgan fingerprint density at radius 2 is 1.97 bits per heavy atom. The molecule has 11 nitrogen and oxygen atoms in total. The number of rotatable bonds is 5. The fraction of sp³-hybridized carbons (Fsp3) is 0.400. The van der Waals surface area contributed by atoms with E-state index in [1.54, 1.807) is 30.9 Å². The maximum absolute atomic E-state index is 12.4. The van der Waals surface area contributed by atoms with Gasteiger partial charge in [0.2, 0.25) is 0 Å². The molecule has 0 saturated carbocycles. The first-order valence-corrected chi connectivity index (χ1v) is 10.2. The minimum absolute atomic E-state index is 0.176. The topological polar surface area (TPSA) is 148 Å². The van der Waals surface area contributed by atoms with Gasteiger partial charge in [0.1, 0.15) is 5.69 Å². The summed E-state index contributed by atoms with van der Waals surface area (Å²) in [7, 11) is 0. The minimum Gasteiger partial charge on any atom is -0.475 e. The number of carbonyl (C=O) groups excluding carboxylic acids is 1. The summed E-state index contributed by atoms with van der Waals surface area (Å²) in [5.41, 5.74) is 1.33. The Labute approximate surface area is 191 Å². The average molecular weight is 481 g/mol. The van der Waals surface area contributed by atoms with Gasteiger partial charge >= 0.3 is 12.1 Å². The van der Waals surface area contributed by atoms with Crippen molar-refractivity contribution in [2.45, 2.75) is 32.0 Å². The van der Waals surface area contributed by atoms with E-state index in [4.69, 9.17) is 14.4 Å². The van der Waals surface area contributed by atoms with Gasteiger partial charge in [0.05, 0.1) is 24.1 Å². The SMILES string of the molecule is CC(C1CCNCC1)n1cc(NC(=O)c2cc(-c3cnccn3)on2)cn1.O=C(O)C(F)(F)F. The number of carboxylic acids is 1. The molecule has 4 rings (SSSR count). The van der Waals surface area contributed by atoms with E-state index >= 15 is 0 Å². The number of halogens is 3. The molecule has 1 unspecified atom stereocenters. The molecule has 3 aromatic heterocycles. The van der Waals surface area contributed by atoms with Gasteiger partial charge in [-0.15, -0.1) is 0 Å². The number of anilines is 1. The van der Waals surface area contributed by atoms with Crippen LogP contribution < -0.4 is 10.6 Å². The molecule has 3 aromatic rings. The van der Waals surface area contributed by atoms with Crippen molar-refractivity contribution in [1.29, 1.82) is 0 Å². The third kappa shape index (κ3) is 6.60. The van der Waals surface area contributed by atoms with E-state index in [0.29, 0.717) is 23.1 Å². The Balaban J connectivity index is 0.000000406. The van der Waals surface area contributed by atoms with E-state index in [1.165, 1.54) is 0 Å². The molecular formula is C20H22F3N7O4. The number of hydrogen-bond acceptors (Lipinski definition) is 8. The largest absolute Gasteiger partial charge is 0.490 e. The molecular weight excluding hydrogens is 459 g/mol. The van der Waals surface area contributed by atoms with E-state index in [-0.39, 0.29) is 17.6 Å². The van der Waals surface area contributed by atoms with Crippen LogP contribution in [0.5, 0.6) is 0 Å². The molecule has 4 heterocycles. The highest BCUT2D eigenvalue weighted by Gasteiger charge is 2.38. The molecule has 0 radical (unpaired) electrons. The lowest BCUT2D eigenvalue weighted by Crippen LogP contribution is -2.31. The molecule has 1 aliphatic rings. The van der Waals surface area contributed by atoms with Crippen LogP contribution in [0.1, 0.15) is 36.3 Å². The number of nitrogens with zero attached hydrogens (tertiary/aromatic N) is 5. The van der Waals surface area contributed by atoms with E-state index < -0.39 is 12.1 Å². The first kappa shape index (κ1) is 24.8. The number of hydrogen-bond donors (Lipinski definition) is 3. The summed E-state index contributed by atoms with van der Waals surface area (Å²) in [6.45, 7) is 4.25. The summed E-state index contributed by atoms with van der Waals surface area (Å²) in [6.07, 6.45) is 5.35. The van der Waals surface area contributed by atoms with Crippen LogP contribution >= 0.6 is 0 Å². The number of nitrogens with one attached hydrogen (secondary N) is 2. The van der Waals surface area contributed by atoms with Crippen molar-refractivity contribution in [3.05, 3.63) is 42.7 Å². The number of carboxylic acid groups (broad SMARTS) is 1. The van der Waals surface area contributed by atoms with Crippen LogP contribution in [0.4, 0.5) is 18.9 Å². The fourth-order valence-corrected chi connectivity index (χ4v) is 3.29. The molecule has 14 heteroatoms. The van der Waals surface area contributed by atoms with Crippen LogP contribution in [0.2, 0.25) is 0 Å². The summed E-state index contributed by atoms with van der Waals surface area (Å²) >= 11 is 0. The molecule has 0 aliphatic carbocycles. The van der Waals surface area contributed by atoms with E-state index in [9.17, 15) is 18.0 Å².